The summed E-state index contributed by atoms with van der Waals surface area (Å²) in [4.78, 5) is 19.3. The number of hydrogen-bond acceptors (Lipinski definition) is 4. The Labute approximate surface area is 217 Å². The predicted molar refractivity (Wildman–Crippen MR) is 149 cm³/mol. The van der Waals surface area contributed by atoms with Crippen LogP contribution in [0.1, 0.15) is 70.9 Å². The molecule has 3 aromatic rings. The second-order valence-corrected chi connectivity index (χ2v) is 9.48. The molecule has 0 unspecified atom stereocenters. The molecule has 0 N–H and O–H groups in total. The van der Waals surface area contributed by atoms with Crippen molar-refractivity contribution in [3.8, 4) is 22.6 Å². The van der Waals surface area contributed by atoms with E-state index in [0.717, 1.165) is 69.8 Å². The van der Waals surface area contributed by atoms with Gasteiger partial charge in [0, 0.05) is 30.6 Å². The molecule has 36 heavy (non-hydrogen) atoms. The normalized spacial score (nSPS) is 11.2. The number of esters is 1. The van der Waals surface area contributed by atoms with Gasteiger partial charge >= 0.3 is 5.97 Å². The summed E-state index contributed by atoms with van der Waals surface area (Å²) in [6.07, 6.45) is 8.13. The van der Waals surface area contributed by atoms with Crippen LogP contribution in [0.3, 0.4) is 0 Å². The SMILES string of the molecule is CCCCN(CCCCCC(=O)OC)Cc1c(-c2ccccc2)nc(-c2ccccc2)n1CCCC. The number of ether oxygens (including phenoxy) is 1. The average Bonchev–Trinajstić information content (AvgIpc) is 3.28. The largest absolute Gasteiger partial charge is 0.469 e. The molecule has 1 heterocycles. The van der Waals surface area contributed by atoms with Gasteiger partial charge in [0.2, 0.25) is 0 Å². The van der Waals surface area contributed by atoms with Gasteiger partial charge in [0.1, 0.15) is 5.82 Å². The zero-order valence-corrected chi connectivity index (χ0v) is 22.4. The molecule has 5 heteroatoms. The highest BCUT2D eigenvalue weighted by Gasteiger charge is 2.21. The molecule has 0 aliphatic rings. The molecule has 0 aliphatic heterocycles. The second-order valence-electron chi connectivity index (χ2n) is 9.48. The number of methoxy groups -OCH3 is 1. The van der Waals surface area contributed by atoms with Crippen LogP contribution >= 0.6 is 0 Å². The fourth-order valence-corrected chi connectivity index (χ4v) is 4.59. The highest BCUT2D eigenvalue weighted by atomic mass is 16.5. The number of hydrogen-bond donors (Lipinski definition) is 0. The Morgan fingerprint density at radius 2 is 1.47 bits per heavy atom. The topological polar surface area (TPSA) is 47.4 Å². The maximum absolute atomic E-state index is 11.5. The first-order valence-electron chi connectivity index (χ1n) is 13.7. The Balaban J connectivity index is 1.91. The van der Waals surface area contributed by atoms with E-state index in [0.29, 0.717) is 6.42 Å². The van der Waals surface area contributed by atoms with Gasteiger partial charge in [-0.1, -0.05) is 93.8 Å². The minimum absolute atomic E-state index is 0.112. The molecule has 0 radical (unpaired) electrons. The summed E-state index contributed by atoms with van der Waals surface area (Å²) in [6.45, 7) is 8.44. The van der Waals surface area contributed by atoms with Crippen LogP contribution in [0, 0.1) is 0 Å². The fraction of sp³-hybridized carbons (Fsp3) is 0.484. The van der Waals surface area contributed by atoms with E-state index in [1.54, 1.807) is 0 Å². The third-order valence-electron chi connectivity index (χ3n) is 6.67. The highest BCUT2D eigenvalue weighted by molar-refractivity contribution is 5.69. The zero-order valence-electron chi connectivity index (χ0n) is 22.4. The molecule has 2 aromatic carbocycles. The Bertz CT molecular complexity index is 1030. The summed E-state index contributed by atoms with van der Waals surface area (Å²) in [5.41, 5.74) is 4.74. The first-order valence-corrected chi connectivity index (χ1v) is 13.7. The minimum atomic E-state index is -0.112. The smallest absolute Gasteiger partial charge is 0.305 e. The van der Waals surface area contributed by atoms with Gasteiger partial charge in [-0.05, 0) is 38.8 Å². The highest BCUT2D eigenvalue weighted by Crippen LogP contribution is 2.31. The van der Waals surface area contributed by atoms with Crippen molar-refractivity contribution in [2.75, 3.05) is 20.2 Å². The molecule has 5 nitrogen and oxygen atoms in total. The van der Waals surface area contributed by atoms with Gasteiger partial charge in [-0.15, -0.1) is 0 Å². The molecular formula is C31H43N3O2. The third-order valence-corrected chi connectivity index (χ3v) is 6.67. The molecule has 1 aromatic heterocycles. The van der Waals surface area contributed by atoms with Crippen molar-refractivity contribution in [2.24, 2.45) is 0 Å². The first-order chi connectivity index (χ1) is 17.7. The fourth-order valence-electron chi connectivity index (χ4n) is 4.59. The van der Waals surface area contributed by atoms with Gasteiger partial charge in [-0.3, -0.25) is 9.69 Å². The van der Waals surface area contributed by atoms with E-state index in [-0.39, 0.29) is 5.97 Å². The lowest BCUT2D eigenvalue weighted by Gasteiger charge is -2.24. The number of aromatic nitrogens is 2. The van der Waals surface area contributed by atoms with E-state index in [9.17, 15) is 4.79 Å². The standard InChI is InChI=1S/C31H43N3O2/c1-4-6-22-33(23-16-10-15-21-29(35)36-3)25-28-30(26-17-11-8-12-18-26)32-31(34(28)24-7-5-2)27-19-13-9-14-20-27/h8-9,11-14,17-20H,4-7,10,15-16,21-25H2,1-3H3. The van der Waals surface area contributed by atoms with Crippen LogP contribution in [-0.4, -0.2) is 40.6 Å². The summed E-state index contributed by atoms with van der Waals surface area (Å²) in [5.74, 6) is 0.949. The Kier molecular flexibility index (Phi) is 11.7. The lowest BCUT2D eigenvalue weighted by Crippen LogP contribution is -2.27. The van der Waals surface area contributed by atoms with Crippen molar-refractivity contribution in [1.29, 1.82) is 0 Å². The van der Waals surface area contributed by atoms with Crippen LogP contribution in [0.25, 0.3) is 22.6 Å². The van der Waals surface area contributed by atoms with Crippen LogP contribution in [0.4, 0.5) is 0 Å². The van der Waals surface area contributed by atoms with Crippen molar-refractivity contribution in [1.82, 2.24) is 14.5 Å². The van der Waals surface area contributed by atoms with Crippen molar-refractivity contribution in [3.05, 3.63) is 66.4 Å². The molecule has 0 spiro atoms. The number of carbonyl (C=O) groups excluding carboxylic acids is 1. The van der Waals surface area contributed by atoms with E-state index in [2.05, 4.69) is 84.0 Å². The van der Waals surface area contributed by atoms with E-state index < -0.39 is 0 Å². The van der Waals surface area contributed by atoms with Gasteiger partial charge in [0.05, 0.1) is 18.5 Å². The maximum atomic E-state index is 11.5. The molecule has 194 valence electrons. The number of rotatable bonds is 16. The molecule has 3 rings (SSSR count). The molecule has 0 saturated carbocycles. The predicted octanol–water partition coefficient (Wildman–Crippen LogP) is 7.35. The molecule has 0 aliphatic carbocycles. The lowest BCUT2D eigenvalue weighted by atomic mass is 10.1. The van der Waals surface area contributed by atoms with Gasteiger partial charge in [0.15, 0.2) is 0 Å². The number of benzene rings is 2. The summed E-state index contributed by atoms with van der Waals surface area (Å²) in [7, 11) is 1.46. The maximum Gasteiger partial charge on any atom is 0.305 e. The van der Waals surface area contributed by atoms with E-state index in [4.69, 9.17) is 9.72 Å². The van der Waals surface area contributed by atoms with E-state index in [1.807, 2.05) is 0 Å². The van der Waals surface area contributed by atoms with E-state index >= 15 is 0 Å². The number of imidazole rings is 1. The molecular weight excluding hydrogens is 446 g/mol. The summed E-state index contributed by atoms with van der Waals surface area (Å²) in [5, 5.41) is 0. The first kappa shape index (κ1) is 27.7. The van der Waals surface area contributed by atoms with Crippen molar-refractivity contribution in [3.63, 3.8) is 0 Å². The van der Waals surface area contributed by atoms with Gasteiger partial charge in [-0.2, -0.15) is 0 Å². The third kappa shape index (κ3) is 8.06. The van der Waals surface area contributed by atoms with E-state index in [1.165, 1.54) is 36.8 Å². The van der Waals surface area contributed by atoms with Crippen LogP contribution in [-0.2, 0) is 22.6 Å². The number of carbonyl (C=O) groups is 1. The second kappa shape index (κ2) is 15.2. The molecule has 0 amide bonds. The lowest BCUT2D eigenvalue weighted by molar-refractivity contribution is -0.140. The van der Waals surface area contributed by atoms with Crippen LogP contribution in [0.5, 0.6) is 0 Å². The van der Waals surface area contributed by atoms with Gasteiger partial charge < -0.3 is 9.30 Å². The van der Waals surface area contributed by atoms with Crippen molar-refractivity contribution < 1.29 is 9.53 Å². The Morgan fingerprint density at radius 1 is 0.833 bits per heavy atom. The molecule has 0 atom stereocenters. The average molecular weight is 490 g/mol. The van der Waals surface area contributed by atoms with Crippen LogP contribution in [0.2, 0.25) is 0 Å². The monoisotopic (exact) mass is 489 g/mol. The quantitative estimate of drug-likeness (QED) is 0.156. The molecule has 0 bridgehead atoms. The van der Waals surface area contributed by atoms with Crippen molar-refractivity contribution >= 4 is 5.97 Å². The summed E-state index contributed by atoms with van der Waals surface area (Å²) in [6, 6.07) is 21.2. The van der Waals surface area contributed by atoms with Crippen LogP contribution in [0.15, 0.2) is 60.7 Å². The molecule has 0 saturated heterocycles. The molecule has 0 fully saturated rings. The van der Waals surface area contributed by atoms with Crippen molar-refractivity contribution in [2.45, 2.75) is 78.3 Å². The summed E-state index contributed by atoms with van der Waals surface area (Å²) >= 11 is 0. The summed E-state index contributed by atoms with van der Waals surface area (Å²) < 4.78 is 7.26. The zero-order chi connectivity index (χ0) is 25.6. The minimum Gasteiger partial charge on any atom is -0.469 e. The van der Waals surface area contributed by atoms with Crippen LogP contribution < -0.4 is 0 Å². The Morgan fingerprint density at radius 3 is 2.11 bits per heavy atom. The number of unbranched alkanes of at least 4 members (excludes halogenated alkanes) is 4. The Hall–Kier alpha value is -2.92. The number of nitrogens with zero attached hydrogens (tertiary/aromatic N) is 3. The van der Waals surface area contributed by atoms with Gasteiger partial charge in [-0.25, -0.2) is 4.98 Å². The van der Waals surface area contributed by atoms with Gasteiger partial charge in [0.25, 0.3) is 0 Å².